The van der Waals surface area contributed by atoms with Gasteiger partial charge in [0.1, 0.15) is 11.4 Å². The Labute approximate surface area is 150 Å². The van der Waals surface area contributed by atoms with E-state index in [0.29, 0.717) is 6.04 Å². The zero-order chi connectivity index (χ0) is 17.6. The lowest BCUT2D eigenvalue weighted by molar-refractivity contribution is 0.138. The van der Waals surface area contributed by atoms with Gasteiger partial charge in [0.15, 0.2) is 0 Å². The molecule has 3 heterocycles. The number of aryl methyl sites for hydroxylation is 2. The highest BCUT2D eigenvalue weighted by Gasteiger charge is 2.30. The maximum atomic E-state index is 5.99. The number of hydrogen-bond donors (Lipinski definition) is 0. The standard InChI is InChI=1S/C21H29N3O/c1-15-11-16(2)24(22-15)19-7-9-23(10-8-19)14-17-5-6-20-18(12-17)13-21(3,4)25-20/h5-6,11-12,19H,7-10,13-14H2,1-4H3. The Balaban J connectivity index is 1.37. The third-order valence-electron chi connectivity index (χ3n) is 5.48. The number of benzene rings is 1. The lowest BCUT2D eigenvalue weighted by Crippen LogP contribution is -2.34. The number of rotatable bonds is 3. The maximum absolute atomic E-state index is 5.99. The molecule has 1 saturated heterocycles. The first-order valence-corrected chi connectivity index (χ1v) is 9.45. The summed E-state index contributed by atoms with van der Waals surface area (Å²) in [7, 11) is 0. The molecule has 0 N–H and O–H groups in total. The predicted octanol–water partition coefficient (Wildman–Crippen LogP) is 4.05. The molecule has 0 radical (unpaired) electrons. The molecule has 0 atom stereocenters. The SMILES string of the molecule is Cc1cc(C)n(C2CCN(Cc3ccc4c(c3)CC(C)(C)O4)CC2)n1. The molecule has 4 nitrogen and oxygen atoms in total. The Morgan fingerprint density at radius 3 is 2.60 bits per heavy atom. The Bertz CT molecular complexity index is 769. The zero-order valence-electron chi connectivity index (χ0n) is 15.9. The van der Waals surface area contributed by atoms with E-state index in [9.17, 15) is 0 Å². The van der Waals surface area contributed by atoms with E-state index in [4.69, 9.17) is 4.74 Å². The van der Waals surface area contributed by atoms with Gasteiger partial charge in [-0.3, -0.25) is 9.58 Å². The van der Waals surface area contributed by atoms with Crippen LogP contribution in [0.5, 0.6) is 5.75 Å². The fourth-order valence-corrected chi connectivity index (χ4v) is 4.36. The lowest BCUT2D eigenvalue weighted by Gasteiger charge is -2.32. The summed E-state index contributed by atoms with van der Waals surface area (Å²) in [4.78, 5) is 2.57. The topological polar surface area (TPSA) is 30.3 Å². The minimum atomic E-state index is -0.0565. The van der Waals surface area contributed by atoms with Crippen molar-refractivity contribution in [3.8, 4) is 5.75 Å². The summed E-state index contributed by atoms with van der Waals surface area (Å²) in [5, 5.41) is 4.68. The molecule has 2 aliphatic heterocycles. The van der Waals surface area contributed by atoms with Crippen LogP contribution in [0.15, 0.2) is 24.3 Å². The van der Waals surface area contributed by atoms with E-state index >= 15 is 0 Å². The maximum Gasteiger partial charge on any atom is 0.123 e. The van der Waals surface area contributed by atoms with Gasteiger partial charge in [0.2, 0.25) is 0 Å². The second-order valence-electron chi connectivity index (χ2n) is 8.36. The van der Waals surface area contributed by atoms with Crippen molar-refractivity contribution in [3.63, 3.8) is 0 Å². The molecular formula is C21H29N3O. The van der Waals surface area contributed by atoms with Crippen LogP contribution in [0, 0.1) is 13.8 Å². The van der Waals surface area contributed by atoms with Crippen molar-refractivity contribution in [1.29, 1.82) is 0 Å². The summed E-state index contributed by atoms with van der Waals surface area (Å²) in [5.41, 5.74) is 5.13. The third kappa shape index (κ3) is 3.45. The lowest BCUT2D eigenvalue weighted by atomic mass is 9.99. The van der Waals surface area contributed by atoms with Crippen LogP contribution in [0.25, 0.3) is 0 Å². The Morgan fingerprint density at radius 2 is 1.92 bits per heavy atom. The van der Waals surface area contributed by atoms with Crippen LogP contribution < -0.4 is 4.74 Å². The molecule has 1 aromatic carbocycles. The number of fused-ring (bicyclic) bond motifs is 1. The van der Waals surface area contributed by atoms with Gasteiger partial charge in [-0.25, -0.2) is 0 Å². The smallest absolute Gasteiger partial charge is 0.123 e. The molecule has 0 aliphatic carbocycles. The summed E-state index contributed by atoms with van der Waals surface area (Å²) in [6, 6.07) is 9.46. The van der Waals surface area contributed by atoms with Gasteiger partial charge in [-0.05, 0) is 63.8 Å². The molecule has 1 fully saturated rings. The second-order valence-corrected chi connectivity index (χ2v) is 8.36. The second kappa shape index (κ2) is 6.17. The van der Waals surface area contributed by atoms with Crippen LogP contribution >= 0.6 is 0 Å². The summed E-state index contributed by atoms with van der Waals surface area (Å²) < 4.78 is 8.23. The molecule has 4 rings (SSSR count). The summed E-state index contributed by atoms with van der Waals surface area (Å²) in [6.07, 6.45) is 3.38. The van der Waals surface area contributed by atoms with Crippen molar-refractivity contribution in [2.24, 2.45) is 0 Å². The fraction of sp³-hybridized carbons (Fsp3) is 0.571. The van der Waals surface area contributed by atoms with Crippen LogP contribution in [-0.4, -0.2) is 33.4 Å². The molecule has 4 heteroatoms. The van der Waals surface area contributed by atoms with Crippen molar-refractivity contribution in [1.82, 2.24) is 14.7 Å². The highest BCUT2D eigenvalue weighted by molar-refractivity contribution is 5.41. The van der Waals surface area contributed by atoms with Gasteiger partial charge < -0.3 is 4.74 Å². The van der Waals surface area contributed by atoms with Gasteiger partial charge >= 0.3 is 0 Å². The minimum absolute atomic E-state index is 0.0565. The van der Waals surface area contributed by atoms with E-state index in [-0.39, 0.29) is 5.60 Å². The van der Waals surface area contributed by atoms with Gasteiger partial charge in [-0.1, -0.05) is 12.1 Å². The normalized spacial score (nSPS) is 20.5. The monoisotopic (exact) mass is 339 g/mol. The number of likely N-dealkylation sites (tertiary alicyclic amines) is 1. The van der Waals surface area contributed by atoms with Crippen molar-refractivity contribution in [3.05, 3.63) is 46.8 Å². The average molecular weight is 339 g/mol. The first-order chi connectivity index (χ1) is 11.9. The predicted molar refractivity (Wildman–Crippen MR) is 100 cm³/mol. The molecule has 25 heavy (non-hydrogen) atoms. The molecule has 0 amide bonds. The molecule has 1 aromatic heterocycles. The van der Waals surface area contributed by atoms with E-state index in [2.05, 4.69) is 66.6 Å². The van der Waals surface area contributed by atoms with E-state index in [1.807, 2.05) is 0 Å². The van der Waals surface area contributed by atoms with Crippen molar-refractivity contribution < 1.29 is 4.74 Å². The van der Waals surface area contributed by atoms with Crippen LogP contribution in [0.1, 0.15) is 55.2 Å². The van der Waals surface area contributed by atoms with Crippen molar-refractivity contribution >= 4 is 0 Å². The number of aromatic nitrogens is 2. The molecule has 0 bridgehead atoms. The molecule has 0 unspecified atom stereocenters. The first-order valence-electron chi connectivity index (χ1n) is 9.45. The van der Waals surface area contributed by atoms with E-state index in [1.54, 1.807) is 0 Å². The largest absolute Gasteiger partial charge is 0.487 e. The van der Waals surface area contributed by atoms with Gasteiger partial charge in [-0.15, -0.1) is 0 Å². The van der Waals surface area contributed by atoms with Crippen LogP contribution in [0.2, 0.25) is 0 Å². The average Bonchev–Trinajstić information content (AvgIpc) is 3.04. The van der Waals surface area contributed by atoms with Crippen molar-refractivity contribution in [2.45, 2.75) is 65.1 Å². The minimum Gasteiger partial charge on any atom is -0.487 e. The van der Waals surface area contributed by atoms with Crippen LogP contribution in [0.4, 0.5) is 0 Å². The highest BCUT2D eigenvalue weighted by atomic mass is 16.5. The van der Waals surface area contributed by atoms with Gasteiger partial charge in [0.25, 0.3) is 0 Å². The quantitative estimate of drug-likeness (QED) is 0.845. The molecule has 0 spiro atoms. The number of nitrogens with zero attached hydrogens (tertiary/aromatic N) is 3. The molecule has 134 valence electrons. The molecular weight excluding hydrogens is 310 g/mol. The van der Waals surface area contributed by atoms with Crippen LogP contribution in [0.3, 0.4) is 0 Å². The first kappa shape index (κ1) is 16.6. The zero-order valence-corrected chi connectivity index (χ0v) is 15.9. The summed E-state index contributed by atoms with van der Waals surface area (Å²) in [5.74, 6) is 1.07. The molecule has 0 saturated carbocycles. The van der Waals surface area contributed by atoms with Crippen LogP contribution in [-0.2, 0) is 13.0 Å². The Hall–Kier alpha value is -1.81. The van der Waals surface area contributed by atoms with Gasteiger partial charge in [-0.2, -0.15) is 5.10 Å². The number of ether oxygens (including phenoxy) is 1. The molecule has 2 aromatic rings. The third-order valence-corrected chi connectivity index (χ3v) is 5.48. The summed E-state index contributed by atoms with van der Waals surface area (Å²) >= 11 is 0. The summed E-state index contributed by atoms with van der Waals surface area (Å²) in [6.45, 7) is 11.9. The Morgan fingerprint density at radius 1 is 1.16 bits per heavy atom. The van der Waals surface area contributed by atoms with Gasteiger partial charge in [0, 0.05) is 31.7 Å². The van der Waals surface area contributed by atoms with Crippen molar-refractivity contribution in [2.75, 3.05) is 13.1 Å². The number of piperidine rings is 1. The van der Waals surface area contributed by atoms with Gasteiger partial charge in [0.05, 0.1) is 11.7 Å². The highest BCUT2D eigenvalue weighted by Crippen LogP contribution is 2.35. The molecule has 2 aliphatic rings. The van der Waals surface area contributed by atoms with E-state index in [1.165, 1.54) is 29.7 Å². The van der Waals surface area contributed by atoms with E-state index < -0.39 is 0 Å². The fourth-order valence-electron chi connectivity index (χ4n) is 4.36. The number of hydrogen-bond acceptors (Lipinski definition) is 3. The Kier molecular flexibility index (Phi) is 4.11. The van der Waals surface area contributed by atoms with E-state index in [0.717, 1.165) is 37.5 Å².